The van der Waals surface area contributed by atoms with Crippen LogP contribution in [0.2, 0.25) is 0 Å². The van der Waals surface area contributed by atoms with E-state index in [-0.39, 0.29) is 6.42 Å². The average Bonchev–Trinajstić information content (AvgIpc) is 2.82. The van der Waals surface area contributed by atoms with Gasteiger partial charge in [-0.2, -0.15) is 0 Å². The van der Waals surface area contributed by atoms with E-state index in [9.17, 15) is 4.79 Å². The Labute approximate surface area is 108 Å². The van der Waals surface area contributed by atoms with Crippen LogP contribution in [0.4, 0.5) is 5.69 Å². The second-order valence-corrected chi connectivity index (χ2v) is 5.18. The summed E-state index contributed by atoms with van der Waals surface area (Å²) in [6.45, 7) is 2.05. The molecule has 0 amide bonds. The van der Waals surface area contributed by atoms with Crippen LogP contribution in [0.1, 0.15) is 43.2 Å². The first kappa shape index (κ1) is 12.9. The van der Waals surface area contributed by atoms with Crippen LogP contribution in [0.5, 0.6) is 0 Å². The Hall–Kier alpha value is -1.51. The van der Waals surface area contributed by atoms with E-state index in [4.69, 9.17) is 5.11 Å². The van der Waals surface area contributed by atoms with Crippen molar-refractivity contribution in [2.45, 2.75) is 51.5 Å². The molecule has 0 radical (unpaired) electrons. The van der Waals surface area contributed by atoms with E-state index in [0.29, 0.717) is 12.5 Å². The second-order valence-electron chi connectivity index (χ2n) is 5.18. The summed E-state index contributed by atoms with van der Waals surface area (Å²) in [7, 11) is 0. The van der Waals surface area contributed by atoms with Crippen molar-refractivity contribution in [3.63, 3.8) is 0 Å². The van der Waals surface area contributed by atoms with Gasteiger partial charge < -0.3 is 10.4 Å². The number of aliphatic carboxylic acids is 1. The Kier molecular flexibility index (Phi) is 4.24. The van der Waals surface area contributed by atoms with Crippen LogP contribution >= 0.6 is 0 Å². The van der Waals surface area contributed by atoms with Gasteiger partial charge in [0.1, 0.15) is 0 Å². The third kappa shape index (κ3) is 3.49. The number of carboxylic acids is 1. The summed E-state index contributed by atoms with van der Waals surface area (Å²) in [5.74, 6) is -0.733. The molecular formula is C15H21NO2. The summed E-state index contributed by atoms with van der Waals surface area (Å²) in [5.41, 5.74) is 3.44. The number of hydrogen-bond donors (Lipinski definition) is 2. The summed E-state index contributed by atoms with van der Waals surface area (Å²) >= 11 is 0. The molecule has 1 aromatic rings. The number of benzene rings is 1. The van der Waals surface area contributed by atoms with Gasteiger partial charge in [-0.25, -0.2) is 0 Å². The number of carboxylic acid groups (broad SMARTS) is 1. The first-order valence-corrected chi connectivity index (χ1v) is 6.73. The molecule has 3 nitrogen and oxygen atoms in total. The van der Waals surface area contributed by atoms with Gasteiger partial charge in [-0.1, -0.05) is 30.5 Å². The zero-order valence-electron chi connectivity index (χ0n) is 10.9. The van der Waals surface area contributed by atoms with Gasteiger partial charge in [0.15, 0.2) is 0 Å². The monoisotopic (exact) mass is 247 g/mol. The van der Waals surface area contributed by atoms with Crippen LogP contribution in [-0.2, 0) is 11.2 Å². The Morgan fingerprint density at radius 1 is 1.39 bits per heavy atom. The van der Waals surface area contributed by atoms with Crippen LogP contribution in [0.15, 0.2) is 18.2 Å². The van der Waals surface area contributed by atoms with Crippen LogP contribution in [0.3, 0.4) is 0 Å². The van der Waals surface area contributed by atoms with Crippen molar-refractivity contribution in [2.75, 3.05) is 5.32 Å². The normalized spacial score (nSPS) is 15.8. The SMILES string of the molecule is Cc1ccc(NC2CCCC2)c(CCC(=O)O)c1. The lowest BCUT2D eigenvalue weighted by Crippen LogP contribution is -2.16. The molecule has 0 aromatic heterocycles. The smallest absolute Gasteiger partial charge is 0.303 e. The van der Waals surface area contributed by atoms with Crippen LogP contribution in [0.25, 0.3) is 0 Å². The highest BCUT2D eigenvalue weighted by molar-refractivity contribution is 5.68. The largest absolute Gasteiger partial charge is 0.481 e. The zero-order chi connectivity index (χ0) is 13.0. The molecule has 0 heterocycles. The molecule has 1 saturated carbocycles. The summed E-state index contributed by atoms with van der Waals surface area (Å²) in [5, 5.41) is 12.4. The predicted molar refractivity (Wildman–Crippen MR) is 73.0 cm³/mol. The molecule has 0 saturated heterocycles. The molecule has 3 heteroatoms. The minimum atomic E-state index is -0.733. The molecule has 0 atom stereocenters. The maximum absolute atomic E-state index is 10.7. The van der Waals surface area contributed by atoms with Crippen molar-refractivity contribution in [3.05, 3.63) is 29.3 Å². The Morgan fingerprint density at radius 2 is 2.11 bits per heavy atom. The van der Waals surface area contributed by atoms with Crippen molar-refractivity contribution in [2.24, 2.45) is 0 Å². The molecule has 18 heavy (non-hydrogen) atoms. The summed E-state index contributed by atoms with van der Waals surface area (Å²) < 4.78 is 0. The number of nitrogens with one attached hydrogen (secondary N) is 1. The van der Waals surface area contributed by atoms with Gasteiger partial charge in [0.2, 0.25) is 0 Å². The quantitative estimate of drug-likeness (QED) is 0.838. The highest BCUT2D eigenvalue weighted by Crippen LogP contribution is 2.25. The minimum absolute atomic E-state index is 0.197. The minimum Gasteiger partial charge on any atom is -0.481 e. The lowest BCUT2D eigenvalue weighted by atomic mass is 10.0. The fourth-order valence-electron chi connectivity index (χ4n) is 2.60. The van der Waals surface area contributed by atoms with Crippen molar-refractivity contribution in [1.29, 1.82) is 0 Å². The number of carbonyl (C=O) groups is 1. The van der Waals surface area contributed by atoms with Gasteiger partial charge in [-0.15, -0.1) is 0 Å². The van der Waals surface area contributed by atoms with E-state index in [0.717, 1.165) is 11.3 Å². The van der Waals surface area contributed by atoms with E-state index in [1.807, 2.05) is 6.92 Å². The highest BCUT2D eigenvalue weighted by Gasteiger charge is 2.16. The van der Waals surface area contributed by atoms with Crippen LogP contribution in [-0.4, -0.2) is 17.1 Å². The topological polar surface area (TPSA) is 49.3 Å². The van der Waals surface area contributed by atoms with Gasteiger partial charge in [0.25, 0.3) is 0 Å². The summed E-state index contributed by atoms with van der Waals surface area (Å²) in [4.78, 5) is 10.7. The zero-order valence-corrected chi connectivity index (χ0v) is 10.9. The van der Waals surface area contributed by atoms with Gasteiger partial charge in [-0.3, -0.25) is 4.79 Å². The fourth-order valence-corrected chi connectivity index (χ4v) is 2.60. The van der Waals surface area contributed by atoms with E-state index in [1.54, 1.807) is 0 Å². The van der Waals surface area contributed by atoms with E-state index < -0.39 is 5.97 Å². The number of hydrogen-bond acceptors (Lipinski definition) is 2. The molecule has 1 fully saturated rings. The molecule has 98 valence electrons. The Bertz CT molecular complexity index is 423. The summed E-state index contributed by atoms with van der Waals surface area (Å²) in [6.07, 6.45) is 5.86. The second kappa shape index (κ2) is 5.89. The Balaban J connectivity index is 2.08. The molecule has 1 aromatic carbocycles. The molecule has 0 aliphatic heterocycles. The first-order valence-electron chi connectivity index (χ1n) is 6.73. The van der Waals surface area contributed by atoms with E-state index >= 15 is 0 Å². The molecule has 0 bridgehead atoms. The third-order valence-corrected chi connectivity index (χ3v) is 3.58. The van der Waals surface area contributed by atoms with Gasteiger partial charge in [0, 0.05) is 18.2 Å². The van der Waals surface area contributed by atoms with Crippen LogP contribution < -0.4 is 5.32 Å². The van der Waals surface area contributed by atoms with Crippen molar-refractivity contribution in [1.82, 2.24) is 0 Å². The van der Waals surface area contributed by atoms with Crippen molar-refractivity contribution < 1.29 is 9.90 Å². The number of aryl methyl sites for hydroxylation is 2. The van der Waals surface area contributed by atoms with Crippen molar-refractivity contribution >= 4 is 11.7 Å². The van der Waals surface area contributed by atoms with Gasteiger partial charge in [-0.05, 0) is 37.8 Å². The lowest BCUT2D eigenvalue weighted by molar-refractivity contribution is -0.136. The number of anilines is 1. The molecule has 0 unspecified atom stereocenters. The maximum Gasteiger partial charge on any atom is 0.303 e. The lowest BCUT2D eigenvalue weighted by Gasteiger charge is -2.17. The van der Waals surface area contributed by atoms with E-state index in [1.165, 1.54) is 31.2 Å². The molecular weight excluding hydrogens is 226 g/mol. The fraction of sp³-hybridized carbons (Fsp3) is 0.533. The standard InChI is InChI=1S/C15H21NO2/c1-11-6-8-14(16-13-4-2-3-5-13)12(10-11)7-9-15(17)18/h6,8,10,13,16H,2-5,7,9H2,1H3,(H,17,18). The van der Waals surface area contributed by atoms with Gasteiger partial charge in [0.05, 0.1) is 0 Å². The molecule has 1 aliphatic rings. The maximum atomic E-state index is 10.7. The summed E-state index contributed by atoms with van der Waals surface area (Å²) in [6, 6.07) is 6.84. The molecule has 2 rings (SSSR count). The molecule has 0 spiro atoms. The van der Waals surface area contributed by atoms with Crippen LogP contribution in [0, 0.1) is 6.92 Å². The van der Waals surface area contributed by atoms with Gasteiger partial charge >= 0.3 is 5.97 Å². The predicted octanol–water partition coefficient (Wildman–Crippen LogP) is 3.37. The van der Waals surface area contributed by atoms with E-state index in [2.05, 4.69) is 23.5 Å². The average molecular weight is 247 g/mol. The Morgan fingerprint density at radius 3 is 2.78 bits per heavy atom. The molecule has 2 N–H and O–H groups in total. The number of rotatable bonds is 5. The van der Waals surface area contributed by atoms with Crippen molar-refractivity contribution in [3.8, 4) is 0 Å². The third-order valence-electron chi connectivity index (χ3n) is 3.58. The first-order chi connectivity index (χ1) is 8.65. The molecule has 1 aliphatic carbocycles. The highest BCUT2D eigenvalue weighted by atomic mass is 16.4.